The van der Waals surface area contributed by atoms with Gasteiger partial charge in [-0.05, 0) is 32.1 Å². The molecule has 0 heteroatoms. The monoisotopic (exact) mass is 277 g/mol. The van der Waals surface area contributed by atoms with Crippen LogP contribution < -0.4 is 0 Å². The number of allylic oxidation sites excluding steroid dienone is 4. The second-order valence-corrected chi connectivity index (χ2v) is 5.79. The van der Waals surface area contributed by atoms with E-state index in [4.69, 9.17) is 0 Å². The van der Waals surface area contributed by atoms with E-state index in [9.17, 15) is 0 Å². The van der Waals surface area contributed by atoms with Crippen LogP contribution in [-0.4, -0.2) is 0 Å². The van der Waals surface area contributed by atoms with Gasteiger partial charge in [0, 0.05) is 0 Å². The average molecular weight is 278 g/mol. The minimum atomic E-state index is 1.11. The quantitative estimate of drug-likeness (QED) is 0.216. The molecule has 0 N–H and O–H groups in total. The van der Waals surface area contributed by atoms with Crippen molar-refractivity contribution in [2.75, 3.05) is 0 Å². The van der Waals surface area contributed by atoms with Gasteiger partial charge in [0.1, 0.15) is 0 Å². The van der Waals surface area contributed by atoms with Crippen molar-refractivity contribution in [2.45, 2.75) is 96.8 Å². The van der Waals surface area contributed by atoms with Crippen molar-refractivity contribution >= 4 is 0 Å². The summed E-state index contributed by atoms with van der Waals surface area (Å²) in [5, 5.41) is 0. The van der Waals surface area contributed by atoms with Crippen molar-refractivity contribution in [3.05, 3.63) is 31.2 Å². The lowest BCUT2D eigenvalue weighted by Crippen LogP contribution is -1.78. The van der Waals surface area contributed by atoms with Crippen LogP contribution in [0.5, 0.6) is 0 Å². The third kappa shape index (κ3) is 17.5. The Morgan fingerprint density at radius 1 is 0.600 bits per heavy atom. The van der Waals surface area contributed by atoms with Gasteiger partial charge in [0.25, 0.3) is 0 Å². The molecule has 0 nitrogen and oxygen atoms in total. The second kappa shape index (κ2) is 18.5. The maximum atomic E-state index is 3.88. The molecular weight excluding hydrogens is 240 g/mol. The molecule has 20 heavy (non-hydrogen) atoms. The summed E-state index contributed by atoms with van der Waals surface area (Å²) in [5.74, 6) is 0. The van der Waals surface area contributed by atoms with Crippen molar-refractivity contribution in [2.24, 2.45) is 0 Å². The molecule has 0 saturated heterocycles. The van der Waals surface area contributed by atoms with Gasteiger partial charge in [-0.25, -0.2) is 0 Å². The summed E-state index contributed by atoms with van der Waals surface area (Å²) < 4.78 is 0. The van der Waals surface area contributed by atoms with Gasteiger partial charge in [-0.2, -0.15) is 0 Å². The minimum Gasteiger partial charge on any atom is -0.0882 e. The predicted octanol–water partition coefficient (Wildman–Crippen LogP) is 7.41. The first-order valence-corrected chi connectivity index (χ1v) is 9.01. The van der Waals surface area contributed by atoms with Crippen LogP contribution in [0.2, 0.25) is 0 Å². The molecule has 0 heterocycles. The minimum absolute atomic E-state index is 1.11. The predicted molar refractivity (Wildman–Crippen MR) is 93.9 cm³/mol. The molecule has 0 saturated carbocycles. The largest absolute Gasteiger partial charge is 0.0882 e. The number of rotatable bonds is 15. The van der Waals surface area contributed by atoms with E-state index in [0.717, 1.165) is 12.8 Å². The Kier molecular flexibility index (Phi) is 18.0. The molecule has 0 aromatic rings. The van der Waals surface area contributed by atoms with Gasteiger partial charge in [0.15, 0.2) is 0 Å². The first-order chi connectivity index (χ1) is 9.91. The molecule has 0 aromatic heterocycles. The number of hydrogen-bond donors (Lipinski definition) is 0. The van der Waals surface area contributed by atoms with Gasteiger partial charge in [-0.3, -0.25) is 0 Å². The van der Waals surface area contributed by atoms with E-state index >= 15 is 0 Å². The molecule has 0 aromatic carbocycles. The van der Waals surface area contributed by atoms with Gasteiger partial charge in [0.05, 0.1) is 0 Å². The van der Waals surface area contributed by atoms with E-state index in [0.29, 0.717) is 0 Å². The van der Waals surface area contributed by atoms with E-state index in [-0.39, 0.29) is 0 Å². The van der Waals surface area contributed by atoms with Crippen molar-refractivity contribution in [3.63, 3.8) is 0 Å². The van der Waals surface area contributed by atoms with Crippen LogP contribution in [0.3, 0.4) is 0 Å². The van der Waals surface area contributed by atoms with Gasteiger partial charge < -0.3 is 0 Å². The third-order valence-electron chi connectivity index (χ3n) is 3.70. The molecule has 0 aliphatic heterocycles. The smallest absolute Gasteiger partial charge is 0.0169 e. The van der Waals surface area contributed by atoms with Crippen LogP contribution in [-0.2, 0) is 0 Å². The fourth-order valence-electron chi connectivity index (χ4n) is 2.34. The highest BCUT2D eigenvalue weighted by atomic mass is 14.0. The molecule has 0 atom stereocenters. The van der Waals surface area contributed by atoms with Crippen molar-refractivity contribution in [1.29, 1.82) is 0 Å². The molecule has 0 amide bonds. The Hall–Kier alpha value is -0.520. The lowest BCUT2D eigenvalue weighted by atomic mass is 10.1. The highest BCUT2D eigenvalue weighted by Gasteiger charge is 1.89. The van der Waals surface area contributed by atoms with Crippen LogP contribution >= 0.6 is 0 Å². The van der Waals surface area contributed by atoms with E-state index in [2.05, 4.69) is 38.2 Å². The number of hydrogen-bond acceptors (Lipinski definition) is 0. The Morgan fingerprint density at radius 3 is 1.65 bits per heavy atom. The topological polar surface area (TPSA) is 0 Å². The van der Waals surface area contributed by atoms with E-state index in [1.807, 2.05) is 0 Å². The Bertz CT molecular complexity index is 212. The molecule has 0 rings (SSSR count). The fourth-order valence-corrected chi connectivity index (χ4v) is 2.34. The maximum Gasteiger partial charge on any atom is -0.0169 e. The Morgan fingerprint density at radius 2 is 1.10 bits per heavy atom. The molecular formula is C20H37. The second-order valence-electron chi connectivity index (χ2n) is 5.79. The van der Waals surface area contributed by atoms with E-state index in [1.54, 1.807) is 0 Å². The molecule has 0 spiro atoms. The van der Waals surface area contributed by atoms with Crippen LogP contribution in [0.15, 0.2) is 24.3 Å². The van der Waals surface area contributed by atoms with E-state index < -0.39 is 0 Å². The van der Waals surface area contributed by atoms with Gasteiger partial charge in [-0.1, -0.05) is 95.9 Å². The van der Waals surface area contributed by atoms with E-state index in [1.165, 1.54) is 77.0 Å². The van der Waals surface area contributed by atoms with Crippen LogP contribution in [0.4, 0.5) is 0 Å². The summed E-state index contributed by atoms with van der Waals surface area (Å²) in [6.45, 7) is 6.15. The van der Waals surface area contributed by atoms with Crippen molar-refractivity contribution < 1.29 is 0 Å². The first kappa shape index (κ1) is 19.5. The number of unbranched alkanes of at least 4 members (excludes halogenated alkanes) is 11. The van der Waals surface area contributed by atoms with Crippen LogP contribution in [0, 0.1) is 6.92 Å². The summed E-state index contributed by atoms with van der Waals surface area (Å²) in [5.41, 5.74) is 0. The SMILES string of the molecule is [CH2]CCCCCCCCC=CCC=CCCCCCC. The lowest BCUT2D eigenvalue weighted by Gasteiger charge is -1.98. The van der Waals surface area contributed by atoms with Crippen molar-refractivity contribution in [1.82, 2.24) is 0 Å². The third-order valence-corrected chi connectivity index (χ3v) is 3.70. The highest BCUT2D eigenvalue weighted by molar-refractivity contribution is 4.92. The normalized spacial score (nSPS) is 11.9. The Balaban J connectivity index is 3.13. The maximum absolute atomic E-state index is 3.88. The molecule has 0 aliphatic rings. The van der Waals surface area contributed by atoms with Crippen LogP contribution in [0.25, 0.3) is 0 Å². The van der Waals surface area contributed by atoms with Crippen LogP contribution in [0.1, 0.15) is 96.8 Å². The molecule has 117 valence electrons. The van der Waals surface area contributed by atoms with Gasteiger partial charge in [0.2, 0.25) is 0 Å². The zero-order valence-corrected chi connectivity index (χ0v) is 13.9. The lowest BCUT2D eigenvalue weighted by molar-refractivity contribution is 0.599. The molecule has 1 radical (unpaired) electrons. The summed E-state index contributed by atoms with van der Waals surface area (Å²) in [4.78, 5) is 0. The summed E-state index contributed by atoms with van der Waals surface area (Å²) in [6.07, 6.45) is 27.9. The zero-order valence-electron chi connectivity index (χ0n) is 13.9. The Labute approximate surface area is 128 Å². The van der Waals surface area contributed by atoms with Gasteiger partial charge >= 0.3 is 0 Å². The van der Waals surface area contributed by atoms with Gasteiger partial charge in [-0.15, -0.1) is 0 Å². The average Bonchev–Trinajstić information content (AvgIpc) is 2.47. The summed E-state index contributed by atoms with van der Waals surface area (Å²) in [6, 6.07) is 0. The van der Waals surface area contributed by atoms with Crippen molar-refractivity contribution in [3.8, 4) is 0 Å². The molecule has 0 unspecified atom stereocenters. The summed E-state index contributed by atoms with van der Waals surface area (Å²) >= 11 is 0. The molecule has 0 fully saturated rings. The zero-order chi connectivity index (χ0) is 14.7. The standard InChI is InChI=1S/C20H37/c1-3-5-7-9-11-13-15-17-19-20-18-16-14-12-10-8-6-4-2/h14,16,19-20H,1,3-13,15,17-18H2,2H3. The first-order valence-electron chi connectivity index (χ1n) is 9.01. The highest BCUT2D eigenvalue weighted by Crippen LogP contribution is 2.08. The fraction of sp³-hybridized carbons (Fsp3) is 0.750. The summed E-state index contributed by atoms with van der Waals surface area (Å²) in [7, 11) is 0. The molecule has 0 bridgehead atoms. The molecule has 0 aliphatic carbocycles.